The molecule has 0 saturated heterocycles. The van der Waals surface area contributed by atoms with Gasteiger partial charge in [0.15, 0.2) is 6.10 Å². The predicted octanol–water partition coefficient (Wildman–Crippen LogP) is 10.2. The molecule has 22 nitrogen and oxygen atoms in total. The lowest BCUT2D eigenvalue weighted by atomic mass is 9.85. The van der Waals surface area contributed by atoms with Gasteiger partial charge in [-0.1, -0.05) is 172 Å². The first-order chi connectivity index (χ1) is 34.5. The Labute approximate surface area is 427 Å². The van der Waals surface area contributed by atoms with E-state index in [1.54, 1.807) is 0 Å². The molecule has 1 aliphatic carbocycles. The molecule has 0 heterocycles. The Morgan fingerprint density at radius 3 is 1.44 bits per heavy atom. The van der Waals surface area contributed by atoms with Crippen molar-refractivity contribution in [1.29, 1.82) is 0 Å². The van der Waals surface area contributed by atoms with E-state index in [4.69, 9.17) is 50.8 Å². The maximum atomic E-state index is 13.7. The molecule has 1 saturated carbocycles. The second kappa shape index (κ2) is 41.2. The standard InChI is InChI=1S/C47H88N3O19P3/c1-5-7-9-11-13-15-17-19-21-22-24-26-28-30-32-34-36-40(4)62-63-41(37-59-61-39(3)35-33-31-29-27-25-23-20-18-16-14-12-10-8-6-2)38-60-72(58,69-50)66-45-42(51)43(52)46(64-70(54,55)67-48)47(44(45)53)65-71(56,57)68-49/h13,15,19,21,24,26,30,32,41-47,51-53H,3-12,14,16-18,20,22-23,25,27-29,31,33-38,48-50H2,1-2H3,(H,54,55)(H,56,57)/b15-13+,21-19+,26-24+,32-30+/t41?,42-,43+,44+,45-,46-,47-,72?/m1/s1. The van der Waals surface area contributed by atoms with Crippen molar-refractivity contribution in [3.8, 4) is 0 Å². The molecule has 10 atom stereocenters. The summed E-state index contributed by atoms with van der Waals surface area (Å²) in [4.78, 5) is 41.2. The third-order valence-electron chi connectivity index (χ3n) is 11.2. The van der Waals surface area contributed by atoms with Crippen molar-refractivity contribution in [1.82, 2.24) is 0 Å². The van der Waals surface area contributed by atoms with Crippen molar-refractivity contribution >= 4 is 23.5 Å². The topological polar surface area (TPSA) is 332 Å². The second-order valence-corrected chi connectivity index (χ2v) is 21.7. The summed E-state index contributed by atoms with van der Waals surface area (Å²) < 4.78 is 70.1. The van der Waals surface area contributed by atoms with Crippen LogP contribution in [-0.2, 0) is 65.2 Å². The third kappa shape index (κ3) is 32.5. The summed E-state index contributed by atoms with van der Waals surface area (Å²) in [5.41, 5.74) is 0. The van der Waals surface area contributed by atoms with Crippen LogP contribution in [0.1, 0.15) is 168 Å². The molecule has 0 amide bonds. The van der Waals surface area contributed by atoms with Gasteiger partial charge in [-0.05, 0) is 44.9 Å². The number of rotatable bonds is 47. The van der Waals surface area contributed by atoms with Crippen LogP contribution in [0.5, 0.6) is 0 Å². The van der Waals surface area contributed by atoms with Crippen molar-refractivity contribution in [2.45, 2.75) is 211 Å². The minimum atomic E-state index is -5.31. The van der Waals surface area contributed by atoms with E-state index in [0.29, 0.717) is 25.0 Å². The van der Waals surface area contributed by atoms with Gasteiger partial charge in [-0.3, -0.25) is 18.1 Å². The summed E-state index contributed by atoms with van der Waals surface area (Å²) in [5.74, 6) is 15.3. The Bertz CT molecular complexity index is 1710. The van der Waals surface area contributed by atoms with E-state index in [-0.39, 0.29) is 5.76 Å². The van der Waals surface area contributed by atoms with Crippen LogP contribution >= 0.6 is 23.5 Å². The van der Waals surface area contributed by atoms with Crippen LogP contribution in [0.25, 0.3) is 0 Å². The number of aliphatic hydroxyl groups is 3. The number of nitrogens with two attached hydrogens (primary N) is 3. The molecule has 1 fully saturated rings. The molecular weight excluding hydrogens is 1000 g/mol. The largest absolute Gasteiger partial charge is 0.491 e. The number of phosphoric acid groups is 3. The van der Waals surface area contributed by atoms with Crippen LogP contribution in [-0.4, -0.2) is 81.0 Å². The molecule has 4 unspecified atom stereocenters. The van der Waals surface area contributed by atoms with Gasteiger partial charge in [0, 0.05) is 12.8 Å². The highest BCUT2D eigenvalue weighted by Crippen LogP contribution is 2.54. The molecule has 72 heavy (non-hydrogen) atoms. The van der Waals surface area contributed by atoms with E-state index in [1.807, 2.05) is 12.2 Å². The van der Waals surface area contributed by atoms with E-state index < -0.39 is 79.4 Å². The predicted molar refractivity (Wildman–Crippen MR) is 272 cm³/mol. The van der Waals surface area contributed by atoms with Gasteiger partial charge in [-0.2, -0.15) is 9.78 Å². The molecule has 420 valence electrons. The van der Waals surface area contributed by atoms with Gasteiger partial charge < -0.3 is 34.9 Å². The van der Waals surface area contributed by atoms with Crippen LogP contribution in [0.3, 0.4) is 0 Å². The fourth-order valence-corrected chi connectivity index (χ4v) is 9.41. The van der Waals surface area contributed by atoms with E-state index >= 15 is 0 Å². The average molecular weight is 1090 g/mol. The van der Waals surface area contributed by atoms with E-state index in [9.17, 15) is 38.8 Å². The number of allylic oxidation sites excluding steroid dienone is 10. The fourth-order valence-electron chi connectivity index (χ4n) is 7.14. The van der Waals surface area contributed by atoms with Gasteiger partial charge in [0.05, 0.1) is 6.61 Å². The van der Waals surface area contributed by atoms with Crippen molar-refractivity contribution in [2.75, 3.05) is 13.2 Å². The quantitative estimate of drug-likeness (QED) is 0.00701. The number of phosphoric ester groups is 3. The maximum absolute atomic E-state index is 13.7. The lowest BCUT2D eigenvalue weighted by Crippen LogP contribution is -2.65. The Kier molecular flexibility index (Phi) is 39.0. The summed E-state index contributed by atoms with van der Waals surface area (Å²) in [5, 5.41) is 32.8. The van der Waals surface area contributed by atoms with Crippen LogP contribution in [0.4, 0.5) is 0 Å². The normalized spacial score (nSPS) is 22.6. The lowest BCUT2D eigenvalue weighted by Gasteiger charge is -2.44. The summed E-state index contributed by atoms with van der Waals surface area (Å²) in [6.07, 6.45) is 26.9. The molecule has 1 rings (SSSR count). The summed E-state index contributed by atoms with van der Waals surface area (Å²) in [6.45, 7) is 11.0. The van der Waals surface area contributed by atoms with Gasteiger partial charge in [0.1, 0.15) is 54.7 Å². The van der Waals surface area contributed by atoms with Gasteiger partial charge in [-0.25, -0.2) is 45.3 Å². The second-order valence-electron chi connectivity index (χ2n) is 17.4. The Balaban J connectivity index is 2.86. The molecule has 0 aromatic carbocycles. The molecule has 0 spiro atoms. The first-order valence-corrected chi connectivity index (χ1v) is 29.7. The van der Waals surface area contributed by atoms with Gasteiger partial charge in [-0.15, -0.1) is 0 Å². The van der Waals surface area contributed by atoms with Gasteiger partial charge in [0.2, 0.25) is 0 Å². The van der Waals surface area contributed by atoms with Gasteiger partial charge >= 0.3 is 23.5 Å². The molecular formula is C47H88N3O19P3. The van der Waals surface area contributed by atoms with Crippen molar-refractivity contribution in [2.24, 2.45) is 17.7 Å². The minimum Gasteiger partial charge on any atom is -0.387 e. The van der Waals surface area contributed by atoms with E-state index in [0.717, 1.165) is 51.4 Å². The molecule has 0 bridgehead atoms. The first-order valence-electron chi connectivity index (χ1n) is 25.2. The van der Waals surface area contributed by atoms with E-state index in [2.05, 4.69) is 81.9 Å². The van der Waals surface area contributed by atoms with Crippen LogP contribution < -0.4 is 17.7 Å². The van der Waals surface area contributed by atoms with Crippen molar-refractivity contribution in [3.05, 3.63) is 73.3 Å². The van der Waals surface area contributed by atoms with E-state index in [1.165, 1.54) is 83.5 Å². The zero-order chi connectivity index (χ0) is 53.5. The molecule has 0 aromatic rings. The summed E-state index contributed by atoms with van der Waals surface area (Å²) >= 11 is 0. The Hall–Kier alpha value is -1.95. The number of aliphatic hydroxyl groups excluding tert-OH is 3. The first kappa shape index (κ1) is 68.1. The average Bonchev–Trinajstić information content (AvgIpc) is 3.36. The highest BCUT2D eigenvalue weighted by Gasteiger charge is 2.57. The summed E-state index contributed by atoms with van der Waals surface area (Å²) in [7, 11) is -15.7. The number of hydrogen-bond acceptors (Lipinski definition) is 20. The maximum Gasteiger partial charge on any atom is 0.491 e. The smallest absolute Gasteiger partial charge is 0.387 e. The zero-order valence-electron chi connectivity index (χ0n) is 42.5. The minimum absolute atomic E-state index is 0.197. The van der Waals surface area contributed by atoms with Crippen molar-refractivity contribution < 1.29 is 90.3 Å². The molecule has 25 heteroatoms. The fraction of sp³-hybridized carbons (Fsp3) is 0.745. The van der Waals surface area contributed by atoms with Crippen LogP contribution in [0, 0.1) is 0 Å². The summed E-state index contributed by atoms with van der Waals surface area (Å²) in [6, 6.07) is 0. The number of hydrogen-bond donors (Lipinski definition) is 8. The van der Waals surface area contributed by atoms with Crippen LogP contribution in [0.2, 0.25) is 0 Å². The van der Waals surface area contributed by atoms with Gasteiger partial charge in [0.25, 0.3) is 0 Å². The molecule has 11 N–H and O–H groups in total. The SMILES string of the molecule is C=C(CCCCCCCCCCCCCCCC)OOCC(COP(=O)(ON)O[C@@H]1[C@H](O)[C@H](O)[C@@H](OP(=O)(O)ON)[C@H](OP(=O)(O)ON)[C@H]1O)OOC(=C)CC/C=C/C/C=C/C/C=C/C/C=C/CCCCC. The van der Waals surface area contributed by atoms with Crippen LogP contribution in [0.15, 0.2) is 73.3 Å². The van der Waals surface area contributed by atoms with Crippen molar-refractivity contribution in [3.63, 3.8) is 0 Å². The molecule has 0 radical (unpaired) electrons. The zero-order valence-corrected chi connectivity index (χ0v) is 45.2. The molecule has 1 aliphatic rings. The monoisotopic (exact) mass is 1090 g/mol. The number of unbranched alkanes of at least 4 members (excludes halogenated alkanes) is 16. The lowest BCUT2D eigenvalue weighted by molar-refractivity contribution is -0.344. The Morgan fingerprint density at radius 2 is 0.944 bits per heavy atom. The third-order valence-corrected chi connectivity index (χ3v) is 14.0. The highest BCUT2D eigenvalue weighted by atomic mass is 31.2. The highest BCUT2D eigenvalue weighted by molar-refractivity contribution is 7.48. The Morgan fingerprint density at radius 1 is 0.514 bits per heavy atom. The molecule has 0 aromatic heterocycles. The molecule has 0 aliphatic heterocycles.